The number of aryl methyl sites for hydroxylation is 2. The third kappa shape index (κ3) is 4.43. The van der Waals surface area contributed by atoms with E-state index in [-0.39, 0.29) is 17.6 Å². The van der Waals surface area contributed by atoms with Crippen molar-refractivity contribution in [2.45, 2.75) is 45.3 Å². The van der Waals surface area contributed by atoms with Gasteiger partial charge >= 0.3 is 0 Å². The van der Waals surface area contributed by atoms with Crippen molar-refractivity contribution in [2.75, 3.05) is 5.75 Å². The molecule has 1 heterocycles. The number of thioether (sulfide) groups is 1. The molecule has 0 saturated carbocycles. The Kier molecular flexibility index (Phi) is 5.91. The van der Waals surface area contributed by atoms with Gasteiger partial charge in [0.05, 0.1) is 17.5 Å². The van der Waals surface area contributed by atoms with Gasteiger partial charge in [0.1, 0.15) is 5.54 Å². The van der Waals surface area contributed by atoms with E-state index in [0.717, 1.165) is 16.4 Å². The van der Waals surface area contributed by atoms with Gasteiger partial charge in [0.2, 0.25) is 5.91 Å². The van der Waals surface area contributed by atoms with E-state index in [4.69, 9.17) is 0 Å². The van der Waals surface area contributed by atoms with Crippen LogP contribution in [0.2, 0.25) is 0 Å². The number of benzene rings is 1. The largest absolute Gasteiger partial charge is 0.337 e. The normalized spacial score (nSPS) is 13.3. The molecule has 0 spiro atoms. The molecule has 1 unspecified atom stereocenters. The zero-order chi connectivity index (χ0) is 18.6. The van der Waals surface area contributed by atoms with Crippen LogP contribution in [0.3, 0.4) is 0 Å². The van der Waals surface area contributed by atoms with Crippen LogP contribution >= 0.6 is 11.8 Å². The summed E-state index contributed by atoms with van der Waals surface area (Å²) in [4.78, 5) is 16.6. The summed E-state index contributed by atoms with van der Waals surface area (Å²) >= 11 is 1.36. The van der Waals surface area contributed by atoms with Crippen molar-refractivity contribution in [3.8, 4) is 11.8 Å². The molecule has 0 aliphatic carbocycles. The van der Waals surface area contributed by atoms with E-state index in [1.807, 2.05) is 24.6 Å². The van der Waals surface area contributed by atoms with Crippen LogP contribution in [0.4, 0.5) is 0 Å². The van der Waals surface area contributed by atoms with E-state index in [0.29, 0.717) is 0 Å². The Balaban J connectivity index is 2.09. The van der Waals surface area contributed by atoms with E-state index in [1.165, 1.54) is 17.3 Å². The first-order valence-electron chi connectivity index (χ1n) is 8.23. The molecular formula is C19H24N4OS. The van der Waals surface area contributed by atoms with E-state index < -0.39 is 5.54 Å². The molecule has 6 heteroatoms. The number of nitrogens with one attached hydrogen (secondary N) is 1. The van der Waals surface area contributed by atoms with Crippen LogP contribution in [0, 0.1) is 31.1 Å². The predicted molar refractivity (Wildman–Crippen MR) is 101 cm³/mol. The molecule has 0 fully saturated rings. The lowest BCUT2D eigenvalue weighted by Gasteiger charge is -2.27. The molecule has 1 atom stereocenters. The number of amides is 1. The maximum atomic E-state index is 12.3. The third-order valence-electron chi connectivity index (χ3n) is 4.34. The Labute approximate surface area is 153 Å². The minimum absolute atomic E-state index is 0.0312. The Morgan fingerprint density at radius 1 is 1.44 bits per heavy atom. The van der Waals surface area contributed by atoms with E-state index >= 15 is 0 Å². The van der Waals surface area contributed by atoms with Gasteiger partial charge in [-0.2, -0.15) is 5.26 Å². The molecule has 0 aliphatic rings. The minimum atomic E-state index is -0.861. The van der Waals surface area contributed by atoms with Crippen molar-refractivity contribution >= 4 is 17.7 Å². The minimum Gasteiger partial charge on any atom is -0.337 e. The van der Waals surface area contributed by atoms with Crippen LogP contribution in [0.1, 0.15) is 31.9 Å². The topological polar surface area (TPSA) is 70.7 Å². The molecule has 132 valence electrons. The first-order valence-corrected chi connectivity index (χ1v) is 9.21. The number of nitrogens with zero attached hydrogens (tertiary/aromatic N) is 3. The van der Waals surface area contributed by atoms with Crippen LogP contribution < -0.4 is 5.32 Å². The Bertz CT molecular complexity index is 806. The highest BCUT2D eigenvalue weighted by Crippen LogP contribution is 2.24. The summed E-state index contributed by atoms with van der Waals surface area (Å²) in [5.41, 5.74) is 2.55. The molecule has 5 nitrogen and oxygen atoms in total. The van der Waals surface area contributed by atoms with Gasteiger partial charge in [-0.05, 0) is 38.3 Å². The molecule has 1 aromatic heterocycles. The Hall–Kier alpha value is -2.26. The van der Waals surface area contributed by atoms with Crippen LogP contribution in [0.5, 0.6) is 0 Å². The summed E-state index contributed by atoms with van der Waals surface area (Å²) in [6.45, 7) is 9.71. The van der Waals surface area contributed by atoms with Crippen molar-refractivity contribution in [3.05, 3.63) is 41.7 Å². The fourth-order valence-electron chi connectivity index (χ4n) is 2.41. The molecule has 1 amide bonds. The molecule has 0 bridgehead atoms. The maximum Gasteiger partial charge on any atom is 0.231 e. The van der Waals surface area contributed by atoms with Gasteiger partial charge in [-0.25, -0.2) is 4.98 Å². The molecule has 0 aliphatic heterocycles. The number of hydrogen-bond donors (Lipinski definition) is 1. The number of carbonyl (C=O) groups is 1. The smallest absolute Gasteiger partial charge is 0.231 e. The zero-order valence-electron chi connectivity index (χ0n) is 15.3. The lowest BCUT2D eigenvalue weighted by molar-refractivity contribution is -0.120. The predicted octanol–water partition coefficient (Wildman–Crippen LogP) is 3.64. The van der Waals surface area contributed by atoms with Gasteiger partial charge in [0.25, 0.3) is 0 Å². The van der Waals surface area contributed by atoms with Gasteiger partial charge in [-0.1, -0.05) is 43.3 Å². The van der Waals surface area contributed by atoms with Gasteiger partial charge < -0.3 is 5.32 Å². The molecule has 1 aromatic carbocycles. The van der Waals surface area contributed by atoms with Crippen molar-refractivity contribution in [1.29, 1.82) is 5.26 Å². The summed E-state index contributed by atoms with van der Waals surface area (Å²) in [7, 11) is 0. The second-order valence-electron chi connectivity index (χ2n) is 6.68. The maximum absolute atomic E-state index is 12.3. The highest BCUT2D eigenvalue weighted by Gasteiger charge is 2.29. The van der Waals surface area contributed by atoms with Crippen molar-refractivity contribution < 1.29 is 4.79 Å². The second kappa shape index (κ2) is 7.75. The summed E-state index contributed by atoms with van der Waals surface area (Å²) in [6, 6.07) is 8.43. The van der Waals surface area contributed by atoms with Crippen LogP contribution in [-0.2, 0) is 4.79 Å². The van der Waals surface area contributed by atoms with Crippen molar-refractivity contribution in [1.82, 2.24) is 14.9 Å². The molecular weight excluding hydrogens is 332 g/mol. The number of hydrogen-bond acceptors (Lipinski definition) is 4. The number of aromatic nitrogens is 2. The Morgan fingerprint density at radius 2 is 2.16 bits per heavy atom. The third-order valence-corrected chi connectivity index (χ3v) is 5.30. The highest BCUT2D eigenvalue weighted by molar-refractivity contribution is 7.99. The van der Waals surface area contributed by atoms with E-state index in [2.05, 4.69) is 48.4 Å². The molecule has 2 aromatic rings. The number of nitriles is 1. The molecule has 0 radical (unpaired) electrons. The van der Waals surface area contributed by atoms with Gasteiger partial charge in [-0.3, -0.25) is 9.36 Å². The number of carbonyl (C=O) groups excluding carboxylic acids is 1. The second-order valence-corrected chi connectivity index (χ2v) is 7.62. The van der Waals surface area contributed by atoms with E-state index in [1.54, 1.807) is 13.1 Å². The highest BCUT2D eigenvalue weighted by atomic mass is 32.2. The van der Waals surface area contributed by atoms with Crippen molar-refractivity contribution in [3.63, 3.8) is 0 Å². The summed E-state index contributed by atoms with van der Waals surface area (Å²) in [5, 5.41) is 12.9. The van der Waals surface area contributed by atoms with Gasteiger partial charge in [0, 0.05) is 12.4 Å². The molecule has 2 rings (SSSR count). The fourth-order valence-corrected chi connectivity index (χ4v) is 3.18. The van der Waals surface area contributed by atoms with Crippen LogP contribution in [-0.4, -0.2) is 26.8 Å². The van der Waals surface area contributed by atoms with Crippen molar-refractivity contribution in [2.24, 2.45) is 5.92 Å². The van der Waals surface area contributed by atoms with Crippen LogP contribution in [0.25, 0.3) is 5.69 Å². The first-order chi connectivity index (χ1) is 11.8. The summed E-state index contributed by atoms with van der Waals surface area (Å²) in [5.74, 6) is 0.0768. The molecule has 25 heavy (non-hydrogen) atoms. The Morgan fingerprint density at radius 3 is 2.76 bits per heavy atom. The zero-order valence-corrected chi connectivity index (χ0v) is 16.1. The number of rotatable bonds is 6. The van der Waals surface area contributed by atoms with Crippen LogP contribution in [0.15, 0.2) is 35.7 Å². The first kappa shape index (κ1) is 19.1. The lowest BCUT2D eigenvalue weighted by atomic mass is 9.90. The average molecular weight is 356 g/mol. The number of imidazole rings is 1. The van der Waals surface area contributed by atoms with E-state index in [9.17, 15) is 10.1 Å². The van der Waals surface area contributed by atoms with Gasteiger partial charge in [0.15, 0.2) is 5.16 Å². The quantitative estimate of drug-likeness (QED) is 0.802. The monoisotopic (exact) mass is 356 g/mol. The summed E-state index contributed by atoms with van der Waals surface area (Å²) < 4.78 is 1.98. The summed E-state index contributed by atoms with van der Waals surface area (Å²) in [6.07, 6.45) is 3.62. The average Bonchev–Trinajstić information content (AvgIpc) is 3.01. The molecule has 0 saturated heterocycles. The fraction of sp³-hybridized carbons (Fsp3) is 0.421. The molecule has 1 N–H and O–H groups in total. The lowest BCUT2D eigenvalue weighted by Crippen LogP contribution is -2.49. The standard InChI is InChI=1S/C19H24N4OS/c1-13(2)19(5,12-20)22-17(24)11-25-18-21-8-9-23(18)16-7-6-14(3)10-15(16)4/h6-10,13H,11H2,1-5H3,(H,22,24). The van der Waals surface area contributed by atoms with Gasteiger partial charge in [-0.15, -0.1) is 0 Å². The SMILES string of the molecule is Cc1ccc(-n2ccnc2SCC(=O)NC(C)(C#N)C(C)C)c(C)c1.